The molecule has 1 aliphatic carbocycles. The van der Waals surface area contributed by atoms with E-state index >= 15 is 0 Å². The summed E-state index contributed by atoms with van der Waals surface area (Å²) in [5.41, 5.74) is 9.11. The summed E-state index contributed by atoms with van der Waals surface area (Å²) in [4.78, 5) is 0. The van der Waals surface area contributed by atoms with Gasteiger partial charge in [-0.2, -0.15) is 6.08 Å². The van der Waals surface area contributed by atoms with E-state index in [0.29, 0.717) is 0 Å². The quantitative estimate of drug-likeness (QED) is 0.152. The van der Waals surface area contributed by atoms with Gasteiger partial charge in [0.05, 0.1) is 0 Å². The van der Waals surface area contributed by atoms with Crippen molar-refractivity contribution in [3.63, 3.8) is 0 Å². The van der Waals surface area contributed by atoms with Gasteiger partial charge in [-0.25, -0.2) is 12.2 Å². The average molecular weight is 883 g/mol. The number of allylic oxidation sites excluding steroid dienone is 4. The van der Waals surface area contributed by atoms with E-state index in [1.54, 1.807) is 0 Å². The molecule has 0 spiro atoms. The van der Waals surface area contributed by atoms with E-state index in [-0.39, 0.29) is 46.5 Å². The monoisotopic (exact) mass is 880 g/mol. The van der Waals surface area contributed by atoms with Crippen LogP contribution in [-0.4, -0.2) is 3.21 Å². The maximum absolute atomic E-state index is 2.99. The Morgan fingerprint density at radius 1 is 0.483 bits per heavy atom. The summed E-state index contributed by atoms with van der Waals surface area (Å²) < 4.78 is 1.42. The van der Waals surface area contributed by atoms with Crippen LogP contribution in [0.4, 0.5) is 0 Å². The molecule has 0 bridgehead atoms. The van der Waals surface area contributed by atoms with Gasteiger partial charge in [-0.1, -0.05) is 117 Å². The Morgan fingerprint density at radius 2 is 0.845 bits per heavy atom. The van der Waals surface area contributed by atoms with Gasteiger partial charge in [0.2, 0.25) is 0 Å². The van der Waals surface area contributed by atoms with Gasteiger partial charge in [0.1, 0.15) is 0 Å². The summed E-state index contributed by atoms with van der Waals surface area (Å²) in [6.07, 6.45) is 10.0. The predicted molar refractivity (Wildman–Crippen MR) is 245 cm³/mol. The fourth-order valence-corrected chi connectivity index (χ4v) is 9.03. The molecule has 0 amide bonds. The van der Waals surface area contributed by atoms with E-state index in [0.717, 1.165) is 6.42 Å². The van der Waals surface area contributed by atoms with Gasteiger partial charge in [0.15, 0.2) is 0 Å². The molecule has 7 aromatic rings. The van der Waals surface area contributed by atoms with Crippen LogP contribution in [0.5, 0.6) is 0 Å². The van der Waals surface area contributed by atoms with Crippen LogP contribution in [0.1, 0.15) is 123 Å². The second kappa shape index (κ2) is 18.4. The Hall–Kier alpha value is -3.48. The molecule has 8 rings (SSSR count). The molecule has 0 heterocycles. The molecule has 0 N–H and O–H groups in total. The molecule has 0 unspecified atom stereocenters. The minimum atomic E-state index is 0. The summed E-state index contributed by atoms with van der Waals surface area (Å²) in [6.45, 7) is 28.0. The van der Waals surface area contributed by atoms with Gasteiger partial charge in [0, 0.05) is 0 Å². The Kier molecular flexibility index (Phi) is 15.0. The maximum atomic E-state index is 2.99. The molecule has 0 fully saturated rings. The van der Waals surface area contributed by atoms with Crippen molar-refractivity contribution in [2.24, 2.45) is 0 Å². The molecule has 0 saturated heterocycles. The van der Waals surface area contributed by atoms with Crippen molar-refractivity contribution in [2.45, 2.75) is 111 Å². The molecule has 3 heteroatoms. The van der Waals surface area contributed by atoms with Gasteiger partial charge in [-0.15, -0.1) is 46.2 Å². The zero-order valence-electron chi connectivity index (χ0n) is 36.7. The van der Waals surface area contributed by atoms with Crippen molar-refractivity contribution in [3.8, 4) is 0 Å². The normalized spacial score (nSPS) is 12.8. The second-order valence-corrected chi connectivity index (χ2v) is 20.8. The van der Waals surface area contributed by atoms with Crippen LogP contribution in [0.25, 0.3) is 43.1 Å². The summed E-state index contributed by atoms with van der Waals surface area (Å²) in [7, 11) is 0. The first kappa shape index (κ1) is 47.2. The van der Waals surface area contributed by atoms with Gasteiger partial charge in [-0.05, 0) is 21.7 Å². The van der Waals surface area contributed by atoms with Crippen LogP contribution in [-0.2, 0) is 45.9 Å². The standard InChI is InChI=1S/C29H41.C21H14.C5H5.2ClH.Zr/c1-26(2,3)22-14-18-13-19-15-23(27(4,5)6)25(29(10,11)12)17-21(19)20(18)16-24(22)28(7,8)9;1-3-13-20-16(7-1)9-5-11-18(20)15-19-12-6-10-17-8-2-4-14-21(17)19;1-2-4-5-3-1;;;/h13-17H,1-12H3;1-14H;1-3H,4H2;2*1H;/q-1;;-1;;;+2/p-2. The van der Waals surface area contributed by atoms with Crippen molar-refractivity contribution in [3.05, 3.63) is 173 Å². The number of benzene rings is 6. The van der Waals surface area contributed by atoms with Crippen LogP contribution < -0.4 is 24.8 Å². The fourth-order valence-electron chi connectivity index (χ4n) is 7.96. The molecule has 7 aromatic carbocycles. The zero-order valence-corrected chi connectivity index (χ0v) is 40.6. The van der Waals surface area contributed by atoms with Gasteiger partial charge in [0.25, 0.3) is 0 Å². The second-order valence-electron chi connectivity index (χ2n) is 19.5. The van der Waals surface area contributed by atoms with Crippen molar-refractivity contribution in [1.29, 1.82) is 0 Å². The number of hydrogen-bond donors (Lipinski definition) is 0. The van der Waals surface area contributed by atoms with E-state index in [4.69, 9.17) is 0 Å². The molecule has 0 saturated carbocycles. The first-order valence-electron chi connectivity index (χ1n) is 20.2. The number of rotatable bonds is 2. The molecular formula is C55H60Cl2Zr-2. The fraction of sp³-hybridized carbons (Fsp3) is 0.309. The molecule has 1 aliphatic rings. The summed E-state index contributed by atoms with van der Waals surface area (Å²) in [6, 6.07) is 42.8. The molecule has 0 atom stereocenters. The van der Waals surface area contributed by atoms with Crippen molar-refractivity contribution >= 4 is 46.3 Å². The van der Waals surface area contributed by atoms with E-state index in [2.05, 4.69) is 210 Å². The first-order chi connectivity index (χ1) is 26.2. The summed E-state index contributed by atoms with van der Waals surface area (Å²) in [5.74, 6) is 0. The van der Waals surface area contributed by atoms with E-state index in [1.807, 2.05) is 12.2 Å². The van der Waals surface area contributed by atoms with Gasteiger partial charge < -0.3 is 24.8 Å². The minimum absolute atomic E-state index is 0. The van der Waals surface area contributed by atoms with Crippen LogP contribution in [0.15, 0.2) is 133 Å². The Balaban J connectivity index is 0.000000227. The van der Waals surface area contributed by atoms with E-state index < -0.39 is 0 Å². The van der Waals surface area contributed by atoms with E-state index in [9.17, 15) is 0 Å². The third-order valence-corrected chi connectivity index (χ3v) is 12.2. The number of fused-ring (bicyclic) bond motifs is 5. The summed E-state index contributed by atoms with van der Waals surface area (Å²) in [5, 5.41) is 10.9. The molecule has 0 nitrogen and oxygen atoms in total. The van der Waals surface area contributed by atoms with Crippen LogP contribution in [0.3, 0.4) is 0 Å². The van der Waals surface area contributed by atoms with Crippen molar-refractivity contribution in [2.75, 3.05) is 0 Å². The topological polar surface area (TPSA) is 0 Å². The third kappa shape index (κ3) is 10.4. The van der Waals surface area contributed by atoms with Gasteiger partial charge >= 0.3 is 145 Å². The Morgan fingerprint density at radius 3 is 1.17 bits per heavy atom. The number of halogens is 2. The Bertz CT molecular complexity index is 2410. The molecule has 58 heavy (non-hydrogen) atoms. The van der Waals surface area contributed by atoms with Crippen molar-refractivity contribution < 1.29 is 49.0 Å². The average Bonchev–Trinajstić information content (AvgIpc) is 3.84. The predicted octanol–water partition coefficient (Wildman–Crippen LogP) is 9.32. The third-order valence-electron chi connectivity index (χ3n) is 10.9. The molecule has 0 aliphatic heterocycles. The van der Waals surface area contributed by atoms with E-state index in [1.165, 1.54) is 104 Å². The van der Waals surface area contributed by atoms with Crippen molar-refractivity contribution in [1.82, 2.24) is 0 Å². The molecule has 300 valence electrons. The molecule has 0 aromatic heterocycles. The van der Waals surface area contributed by atoms with Crippen LogP contribution >= 0.6 is 0 Å². The molecular weight excluding hydrogens is 823 g/mol. The summed E-state index contributed by atoms with van der Waals surface area (Å²) >= 11 is 1.44. The zero-order chi connectivity index (χ0) is 40.6. The Labute approximate surface area is 376 Å². The first-order valence-corrected chi connectivity index (χ1v) is 21.5. The van der Waals surface area contributed by atoms with Crippen LogP contribution in [0.2, 0.25) is 0 Å². The molecule has 0 radical (unpaired) electrons. The SMILES string of the molecule is CC(C)(C)c1cc2[cH-]c3cc(C(C)(C)C)c(C(C)(C)C)cc3c2cc1C(C)(C)C.[C-]1=CC=CC1.[Cl-].[Cl-].[Zr+2]=[C](c1cccc2ccccc12)c1cccc2ccccc12. The number of hydrogen-bond acceptors (Lipinski definition) is 0. The van der Waals surface area contributed by atoms with Gasteiger partial charge in [-0.3, -0.25) is 6.08 Å². The van der Waals surface area contributed by atoms with Crippen LogP contribution in [0, 0.1) is 6.08 Å².